The fourth-order valence-electron chi connectivity index (χ4n) is 1.63. The quantitative estimate of drug-likeness (QED) is 0.865. The molecule has 0 spiro atoms. The van der Waals surface area contributed by atoms with Crippen molar-refractivity contribution in [1.29, 1.82) is 0 Å². The Hall–Kier alpha value is -2.12. The topological polar surface area (TPSA) is 72.5 Å². The van der Waals surface area contributed by atoms with Crippen LogP contribution in [0.4, 0.5) is 10.1 Å². The van der Waals surface area contributed by atoms with Gasteiger partial charge in [0.25, 0.3) is 0 Å². The molecule has 0 saturated heterocycles. The first-order valence-electron chi connectivity index (χ1n) is 6.06. The first-order chi connectivity index (χ1) is 10.3. The van der Waals surface area contributed by atoms with Crippen LogP contribution >= 0.6 is 11.6 Å². The highest BCUT2D eigenvalue weighted by atomic mass is 35.5. The first-order valence-corrected chi connectivity index (χ1v) is 7.84. The van der Waals surface area contributed by atoms with Crippen molar-refractivity contribution in [1.82, 2.24) is 0 Å². The summed E-state index contributed by atoms with van der Waals surface area (Å²) < 4.78 is 42.5. The number of halogens is 2. The molecule has 5 nitrogen and oxygen atoms in total. The summed E-state index contributed by atoms with van der Waals surface area (Å²) in [7, 11) is -4.21. The van der Waals surface area contributed by atoms with Gasteiger partial charge in [-0.05, 0) is 30.3 Å². The highest BCUT2D eigenvalue weighted by molar-refractivity contribution is 7.87. The molecule has 1 amide bonds. The number of hydrogen-bond acceptors (Lipinski definition) is 4. The molecular formula is C14H11ClFNO4S. The fourth-order valence-corrected chi connectivity index (χ4v) is 2.85. The van der Waals surface area contributed by atoms with Crippen LogP contribution in [-0.2, 0) is 14.9 Å². The number of amides is 1. The van der Waals surface area contributed by atoms with Crippen molar-refractivity contribution < 1.29 is 21.8 Å². The van der Waals surface area contributed by atoms with E-state index in [9.17, 15) is 17.6 Å². The first kappa shape index (κ1) is 16.3. The average molecular weight is 344 g/mol. The molecule has 2 aromatic rings. The normalized spacial score (nSPS) is 11.0. The summed E-state index contributed by atoms with van der Waals surface area (Å²) in [6.45, 7) is 1.28. The molecule has 0 aliphatic carbocycles. The van der Waals surface area contributed by atoms with Crippen LogP contribution in [0.25, 0.3) is 0 Å². The Bertz CT molecular complexity index is 823. The minimum Gasteiger partial charge on any atom is -0.377 e. The number of benzene rings is 2. The van der Waals surface area contributed by atoms with Gasteiger partial charge in [0.05, 0.1) is 10.7 Å². The molecule has 0 radical (unpaired) electrons. The van der Waals surface area contributed by atoms with E-state index in [2.05, 4.69) is 5.32 Å². The predicted molar refractivity (Wildman–Crippen MR) is 80.0 cm³/mol. The highest BCUT2D eigenvalue weighted by Gasteiger charge is 2.20. The summed E-state index contributed by atoms with van der Waals surface area (Å²) in [5.41, 5.74) is 0.201. The lowest BCUT2D eigenvalue weighted by Crippen LogP contribution is -2.13. The van der Waals surface area contributed by atoms with Gasteiger partial charge in [-0.15, -0.1) is 0 Å². The van der Waals surface area contributed by atoms with Gasteiger partial charge < -0.3 is 9.50 Å². The molecule has 0 bridgehead atoms. The third-order valence-electron chi connectivity index (χ3n) is 2.58. The lowest BCUT2D eigenvalue weighted by Gasteiger charge is -2.11. The predicted octanol–water partition coefficient (Wildman–Crippen LogP) is 3.21. The lowest BCUT2D eigenvalue weighted by molar-refractivity contribution is -0.114. The number of carbonyl (C=O) groups excluding carboxylic acids is 1. The average Bonchev–Trinajstić information content (AvgIpc) is 2.43. The van der Waals surface area contributed by atoms with Crippen molar-refractivity contribution in [2.45, 2.75) is 11.8 Å². The van der Waals surface area contributed by atoms with Gasteiger partial charge in [-0.2, -0.15) is 8.42 Å². The van der Waals surface area contributed by atoms with Crippen LogP contribution in [0.1, 0.15) is 6.92 Å². The number of anilines is 1. The van der Waals surface area contributed by atoms with Crippen LogP contribution in [0.3, 0.4) is 0 Å². The van der Waals surface area contributed by atoms with Crippen LogP contribution in [0.5, 0.6) is 5.75 Å². The fraction of sp³-hybridized carbons (Fsp3) is 0.0714. The second kappa shape index (κ2) is 6.33. The van der Waals surface area contributed by atoms with Crippen molar-refractivity contribution in [2.24, 2.45) is 0 Å². The molecular weight excluding hydrogens is 333 g/mol. The van der Waals surface area contributed by atoms with Gasteiger partial charge in [-0.25, -0.2) is 4.39 Å². The lowest BCUT2D eigenvalue weighted by atomic mass is 10.3. The second-order valence-electron chi connectivity index (χ2n) is 4.29. The number of para-hydroxylation sites is 2. The van der Waals surface area contributed by atoms with Gasteiger partial charge in [-0.3, -0.25) is 4.79 Å². The molecule has 0 fully saturated rings. The molecule has 1 N–H and O–H groups in total. The van der Waals surface area contributed by atoms with Crippen LogP contribution in [-0.4, -0.2) is 14.3 Å². The monoisotopic (exact) mass is 343 g/mol. The van der Waals surface area contributed by atoms with Gasteiger partial charge in [0.1, 0.15) is 10.7 Å². The van der Waals surface area contributed by atoms with E-state index in [1.54, 1.807) is 12.1 Å². The molecule has 0 atom stereocenters. The molecule has 0 aliphatic rings. The highest BCUT2D eigenvalue weighted by Crippen LogP contribution is 2.28. The van der Waals surface area contributed by atoms with Gasteiger partial charge in [0.15, 0.2) is 5.75 Å². The maximum atomic E-state index is 13.1. The maximum absolute atomic E-state index is 13.1. The number of hydrogen-bond donors (Lipinski definition) is 1. The van der Waals surface area contributed by atoms with E-state index >= 15 is 0 Å². The minimum atomic E-state index is -4.21. The van der Waals surface area contributed by atoms with Crippen LogP contribution in [0, 0.1) is 5.82 Å². The van der Waals surface area contributed by atoms with Crippen molar-refractivity contribution >= 4 is 33.3 Å². The summed E-state index contributed by atoms with van der Waals surface area (Å²) in [6.07, 6.45) is 0. The van der Waals surface area contributed by atoms with E-state index in [0.717, 1.165) is 18.2 Å². The summed E-state index contributed by atoms with van der Waals surface area (Å²) in [6, 6.07) is 8.95. The van der Waals surface area contributed by atoms with Crippen molar-refractivity contribution in [3.8, 4) is 5.75 Å². The van der Waals surface area contributed by atoms with Crippen molar-refractivity contribution in [3.63, 3.8) is 0 Å². The number of nitrogens with one attached hydrogen (secondary N) is 1. The molecule has 0 unspecified atom stereocenters. The van der Waals surface area contributed by atoms with E-state index < -0.39 is 15.9 Å². The Kier molecular flexibility index (Phi) is 4.68. The third kappa shape index (κ3) is 3.75. The van der Waals surface area contributed by atoms with E-state index in [1.165, 1.54) is 19.1 Å². The van der Waals surface area contributed by atoms with Crippen LogP contribution in [0.2, 0.25) is 5.02 Å². The number of carbonyl (C=O) groups is 1. The molecule has 0 heterocycles. The zero-order valence-electron chi connectivity index (χ0n) is 11.3. The molecule has 2 rings (SSSR count). The Balaban J connectivity index is 2.36. The van der Waals surface area contributed by atoms with Crippen LogP contribution in [0.15, 0.2) is 47.4 Å². The van der Waals surface area contributed by atoms with Crippen molar-refractivity contribution in [2.75, 3.05) is 5.32 Å². The minimum absolute atomic E-state index is 0.0573. The Morgan fingerprint density at radius 3 is 2.55 bits per heavy atom. The second-order valence-corrected chi connectivity index (χ2v) is 6.24. The smallest absolute Gasteiger partial charge is 0.339 e. The van der Waals surface area contributed by atoms with Gasteiger partial charge >= 0.3 is 10.1 Å². The Labute approximate surface area is 131 Å². The number of rotatable bonds is 4. The van der Waals surface area contributed by atoms with Gasteiger partial charge in [-0.1, -0.05) is 23.7 Å². The van der Waals surface area contributed by atoms with Gasteiger partial charge in [0.2, 0.25) is 5.91 Å². The molecule has 0 saturated carbocycles. The summed E-state index contributed by atoms with van der Waals surface area (Å²) in [5, 5.41) is 2.12. The van der Waals surface area contributed by atoms with E-state index in [1.807, 2.05) is 0 Å². The van der Waals surface area contributed by atoms with E-state index in [0.29, 0.717) is 0 Å². The Morgan fingerprint density at radius 1 is 1.23 bits per heavy atom. The molecule has 116 valence electrons. The Morgan fingerprint density at radius 2 is 1.91 bits per heavy atom. The largest absolute Gasteiger partial charge is 0.377 e. The maximum Gasteiger partial charge on any atom is 0.339 e. The van der Waals surface area contributed by atoms with Gasteiger partial charge in [0, 0.05) is 6.92 Å². The summed E-state index contributed by atoms with van der Waals surface area (Å²) in [4.78, 5) is 10.8. The van der Waals surface area contributed by atoms with E-state index in [-0.39, 0.29) is 27.3 Å². The van der Waals surface area contributed by atoms with Crippen molar-refractivity contribution in [3.05, 3.63) is 53.3 Å². The molecule has 0 aromatic heterocycles. The molecule has 2 aromatic carbocycles. The molecule has 22 heavy (non-hydrogen) atoms. The zero-order valence-corrected chi connectivity index (χ0v) is 12.9. The summed E-state index contributed by atoms with van der Waals surface area (Å²) in [5.74, 6) is -1.17. The third-order valence-corrected chi connectivity index (χ3v) is 4.10. The van der Waals surface area contributed by atoms with Crippen LogP contribution < -0.4 is 9.50 Å². The molecule has 0 aliphatic heterocycles. The van der Waals surface area contributed by atoms with E-state index in [4.69, 9.17) is 15.8 Å². The standard InChI is InChI=1S/C14H11ClFNO4S/c1-9(18)17-13-4-2-3-5-14(13)21-22(19,20)10-6-7-12(16)11(15)8-10/h2-8H,1H3,(H,17,18). The molecule has 8 heteroatoms. The zero-order chi connectivity index (χ0) is 16.3. The summed E-state index contributed by atoms with van der Waals surface area (Å²) >= 11 is 5.57. The SMILES string of the molecule is CC(=O)Nc1ccccc1OS(=O)(=O)c1ccc(F)c(Cl)c1.